The zero-order chi connectivity index (χ0) is 32.0. The quantitative estimate of drug-likeness (QED) is 0.220. The van der Waals surface area contributed by atoms with Gasteiger partial charge in [-0.2, -0.15) is 0 Å². The lowest BCUT2D eigenvalue weighted by atomic mass is 9.81. The summed E-state index contributed by atoms with van der Waals surface area (Å²) < 4.78 is 5.44. The number of anilines is 2. The first-order valence-corrected chi connectivity index (χ1v) is 16.0. The lowest BCUT2D eigenvalue weighted by molar-refractivity contribution is -0.130. The number of aromatic amines is 2. The molecule has 11 heteroatoms. The number of H-pyrrole nitrogens is 2. The zero-order valence-corrected chi connectivity index (χ0v) is 25.9. The van der Waals surface area contributed by atoms with Crippen molar-refractivity contribution in [2.45, 2.75) is 38.1 Å². The second-order valence-corrected chi connectivity index (χ2v) is 12.2. The van der Waals surface area contributed by atoms with Crippen molar-refractivity contribution in [3.8, 4) is 22.4 Å². The number of nitrogens with zero attached hydrogens (tertiary/aromatic N) is 3. The summed E-state index contributed by atoms with van der Waals surface area (Å²) in [5.41, 5.74) is 16.9. The number of hydrogen-bond acceptors (Lipinski definition) is 8. The molecular formula is C35H41N7O4. The van der Waals surface area contributed by atoms with Crippen molar-refractivity contribution in [3.05, 3.63) is 88.8 Å². The molecule has 2 amide bonds. The number of imide groups is 1. The number of ether oxygens (including phenoxy) is 1. The van der Waals surface area contributed by atoms with Crippen LogP contribution in [0.15, 0.2) is 77.7 Å². The Morgan fingerprint density at radius 3 is 2.20 bits per heavy atom. The van der Waals surface area contributed by atoms with Gasteiger partial charge in [0, 0.05) is 36.8 Å². The first-order chi connectivity index (χ1) is 22.4. The Bertz CT molecular complexity index is 1670. The highest BCUT2D eigenvalue weighted by Crippen LogP contribution is 2.32. The molecule has 2 aromatic carbocycles. The van der Waals surface area contributed by atoms with Crippen LogP contribution in [-0.4, -0.2) is 65.9 Å². The number of hydrogen-bond donors (Lipinski definition) is 4. The molecule has 4 aromatic rings. The number of pyridine rings is 1. The highest BCUT2D eigenvalue weighted by molar-refractivity contribution is 6.17. The number of amides is 2. The lowest BCUT2D eigenvalue weighted by Crippen LogP contribution is -2.50. The molecule has 3 heterocycles. The van der Waals surface area contributed by atoms with Crippen molar-refractivity contribution in [2.24, 2.45) is 23.3 Å². The van der Waals surface area contributed by atoms with Crippen molar-refractivity contribution >= 4 is 23.3 Å². The maximum atomic E-state index is 13.9. The van der Waals surface area contributed by atoms with E-state index in [4.69, 9.17) is 16.2 Å². The molecule has 0 radical (unpaired) electrons. The van der Waals surface area contributed by atoms with E-state index in [9.17, 15) is 14.4 Å². The number of nitrogens with two attached hydrogens (primary N) is 2. The van der Waals surface area contributed by atoms with Gasteiger partial charge >= 0.3 is 0 Å². The number of nitrogens with one attached hydrogen (secondary N) is 2. The summed E-state index contributed by atoms with van der Waals surface area (Å²) in [5.74, 6) is 0.387. The lowest BCUT2D eigenvalue weighted by Gasteiger charge is -2.32. The van der Waals surface area contributed by atoms with Crippen LogP contribution in [0.2, 0.25) is 0 Å². The molecule has 1 saturated carbocycles. The summed E-state index contributed by atoms with van der Waals surface area (Å²) in [6, 6.07) is 19.6. The second kappa shape index (κ2) is 14.2. The van der Waals surface area contributed by atoms with Crippen molar-refractivity contribution in [3.63, 3.8) is 0 Å². The molecule has 1 aliphatic carbocycles. The molecule has 0 spiro atoms. The maximum absolute atomic E-state index is 13.9. The maximum Gasteiger partial charge on any atom is 0.264 e. The van der Waals surface area contributed by atoms with Crippen molar-refractivity contribution in [2.75, 3.05) is 42.6 Å². The van der Waals surface area contributed by atoms with E-state index in [1.807, 2.05) is 36.5 Å². The van der Waals surface area contributed by atoms with E-state index in [-0.39, 0.29) is 23.8 Å². The number of morpholine rings is 1. The van der Waals surface area contributed by atoms with Gasteiger partial charge in [0.1, 0.15) is 5.82 Å². The Labute approximate surface area is 267 Å². The van der Waals surface area contributed by atoms with Gasteiger partial charge in [0.2, 0.25) is 5.91 Å². The predicted molar refractivity (Wildman–Crippen MR) is 178 cm³/mol. The fourth-order valence-corrected chi connectivity index (χ4v) is 6.35. The smallest absolute Gasteiger partial charge is 0.264 e. The number of carbonyl (C=O) groups excluding carboxylic acids is 2. The Morgan fingerprint density at radius 2 is 1.59 bits per heavy atom. The molecule has 6 N–H and O–H groups in total. The fraction of sp³-hybridized carbons (Fsp3) is 0.371. The third kappa shape index (κ3) is 7.12. The van der Waals surface area contributed by atoms with E-state index < -0.39 is 11.9 Å². The Hall–Kier alpha value is -4.58. The second-order valence-electron chi connectivity index (χ2n) is 12.2. The molecule has 0 unspecified atom stereocenters. The number of rotatable bonds is 9. The SMILES string of the molecule is NCC1CCC(C(=O)N(C(=O)[C@@H](N)Cc2ccc(-c3ccc(N4CCOCC4)nc3)cc2)c2ccc(-c3cc(=O)[nH][nH]3)cc2)CC1. The molecule has 240 valence electrons. The minimum absolute atomic E-state index is 0.234. The van der Waals surface area contributed by atoms with Crippen LogP contribution in [0.3, 0.4) is 0 Å². The molecular weight excluding hydrogens is 582 g/mol. The molecule has 2 aromatic heterocycles. The van der Waals surface area contributed by atoms with Gasteiger partial charge in [-0.05, 0) is 85.5 Å². The Balaban J connectivity index is 1.17. The normalized spacial score (nSPS) is 19.0. The number of carbonyl (C=O) groups is 2. The van der Waals surface area contributed by atoms with E-state index in [0.717, 1.165) is 54.0 Å². The average molecular weight is 624 g/mol. The summed E-state index contributed by atoms with van der Waals surface area (Å²) in [4.78, 5) is 47.6. The zero-order valence-electron chi connectivity index (χ0n) is 25.9. The molecule has 11 nitrogen and oxygen atoms in total. The van der Waals surface area contributed by atoms with Crippen LogP contribution in [0.1, 0.15) is 31.2 Å². The van der Waals surface area contributed by atoms with Crippen LogP contribution in [0.5, 0.6) is 0 Å². The Morgan fingerprint density at radius 1 is 0.913 bits per heavy atom. The van der Waals surface area contributed by atoms with E-state index in [1.165, 1.54) is 11.0 Å². The highest BCUT2D eigenvalue weighted by Gasteiger charge is 2.35. The van der Waals surface area contributed by atoms with Gasteiger partial charge in [-0.3, -0.25) is 24.6 Å². The first kappa shape index (κ1) is 31.4. The van der Waals surface area contributed by atoms with Gasteiger partial charge in [0.25, 0.3) is 11.5 Å². The van der Waals surface area contributed by atoms with Crippen molar-refractivity contribution in [1.82, 2.24) is 15.2 Å². The topological polar surface area (TPSA) is 163 Å². The largest absolute Gasteiger partial charge is 0.378 e. The standard InChI is InChI=1S/C35H41N7O4/c36-21-24-3-7-27(8-4-24)34(44)42(29-12-9-26(10-13-29)31-20-33(43)40-39-31)35(45)30(37)19-23-1-5-25(6-2-23)28-11-14-32(38-22-28)41-15-17-46-18-16-41/h1-2,5-6,9-14,20,22,24,27,30H,3-4,7-8,15-19,21,36-37H2,(H2,39,40,43)/t24?,27?,30-/m0/s1. The van der Waals surface area contributed by atoms with E-state index in [2.05, 4.69) is 26.1 Å². The van der Waals surface area contributed by atoms with Gasteiger partial charge in [-0.25, -0.2) is 9.88 Å². The molecule has 0 bridgehead atoms. The monoisotopic (exact) mass is 623 g/mol. The van der Waals surface area contributed by atoms with Gasteiger partial charge in [-0.15, -0.1) is 0 Å². The molecule has 1 atom stereocenters. The van der Waals surface area contributed by atoms with Crippen molar-refractivity contribution in [1.29, 1.82) is 0 Å². The molecule has 2 fully saturated rings. The summed E-state index contributed by atoms with van der Waals surface area (Å²) in [6.07, 6.45) is 5.24. The summed E-state index contributed by atoms with van der Waals surface area (Å²) in [5, 5.41) is 5.35. The van der Waals surface area contributed by atoms with Crippen LogP contribution in [-0.2, 0) is 20.7 Å². The van der Waals surface area contributed by atoms with Crippen molar-refractivity contribution < 1.29 is 14.3 Å². The highest BCUT2D eigenvalue weighted by atomic mass is 16.5. The minimum Gasteiger partial charge on any atom is -0.378 e. The summed E-state index contributed by atoms with van der Waals surface area (Å²) in [6.45, 7) is 3.69. The van der Waals surface area contributed by atoms with Crippen LogP contribution in [0, 0.1) is 11.8 Å². The Kier molecular flexibility index (Phi) is 9.72. The van der Waals surface area contributed by atoms with Gasteiger partial charge < -0.3 is 21.1 Å². The van der Waals surface area contributed by atoms with Gasteiger partial charge in [0.05, 0.1) is 30.6 Å². The van der Waals surface area contributed by atoms with Crippen LogP contribution >= 0.6 is 0 Å². The van der Waals surface area contributed by atoms with E-state index in [0.29, 0.717) is 49.9 Å². The summed E-state index contributed by atoms with van der Waals surface area (Å²) in [7, 11) is 0. The summed E-state index contributed by atoms with van der Waals surface area (Å²) >= 11 is 0. The molecule has 46 heavy (non-hydrogen) atoms. The van der Waals surface area contributed by atoms with Gasteiger partial charge in [-0.1, -0.05) is 36.4 Å². The third-order valence-electron chi connectivity index (χ3n) is 9.15. The molecule has 6 rings (SSSR count). The van der Waals surface area contributed by atoms with E-state index >= 15 is 0 Å². The third-order valence-corrected chi connectivity index (χ3v) is 9.15. The first-order valence-electron chi connectivity index (χ1n) is 16.0. The number of benzene rings is 2. The van der Waals surface area contributed by atoms with Gasteiger partial charge in [0.15, 0.2) is 0 Å². The minimum atomic E-state index is -0.926. The van der Waals surface area contributed by atoms with E-state index in [1.54, 1.807) is 24.3 Å². The molecule has 1 aliphatic heterocycles. The number of aromatic nitrogens is 3. The van der Waals surface area contributed by atoms with Crippen LogP contribution < -0.4 is 26.8 Å². The molecule has 2 aliphatic rings. The average Bonchev–Trinajstić information content (AvgIpc) is 3.55. The van der Waals surface area contributed by atoms with Crippen LogP contribution in [0.25, 0.3) is 22.4 Å². The van der Waals surface area contributed by atoms with Crippen LogP contribution in [0.4, 0.5) is 11.5 Å². The molecule has 1 saturated heterocycles. The fourth-order valence-electron chi connectivity index (χ4n) is 6.35. The predicted octanol–water partition coefficient (Wildman–Crippen LogP) is 3.46.